The van der Waals surface area contributed by atoms with Crippen molar-refractivity contribution < 1.29 is 18.4 Å². The van der Waals surface area contributed by atoms with Crippen molar-refractivity contribution in [3.63, 3.8) is 0 Å². The molecule has 1 amide bonds. The van der Waals surface area contributed by atoms with Crippen LogP contribution in [0.5, 0.6) is 0 Å². The van der Waals surface area contributed by atoms with Crippen molar-refractivity contribution in [3.8, 4) is 0 Å². The van der Waals surface area contributed by atoms with E-state index in [1.165, 1.54) is 12.8 Å². The lowest BCUT2D eigenvalue weighted by Gasteiger charge is -2.36. The number of nitrogens with zero attached hydrogens (tertiary/aromatic N) is 2. The van der Waals surface area contributed by atoms with Crippen molar-refractivity contribution in [1.29, 1.82) is 0 Å². The van der Waals surface area contributed by atoms with Gasteiger partial charge in [-0.1, -0.05) is 5.16 Å². The number of nitrogens with one attached hydrogen (secondary N) is 1. The maximum atomic E-state index is 14.9. The lowest BCUT2D eigenvalue weighted by Crippen LogP contribution is -2.49. The highest BCUT2D eigenvalue weighted by atomic mass is 19.1. The van der Waals surface area contributed by atoms with Gasteiger partial charge in [0.25, 0.3) is 0 Å². The van der Waals surface area contributed by atoms with E-state index in [4.69, 9.17) is 9.26 Å². The van der Waals surface area contributed by atoms with Crippen LogP contribution in [0.25, 0.3) is 0 Å². The molecule has 25 heavy (non-hydrogen) atoms. The number of carbonyl (C=O) groups is 1. The molecule has 7 heteroatoms. The van der Waals surface area contributed by atoms with Gasteiger partial charge in [-0.15, -0.1) is 0 Å². The monoisotopic (exact) mass is 351 g/mol. The highest BCUT2D eigenvalue weighted by Gasteiger charge is 2.36. The van der Waals surface area contributed by atoms with E-state index < -0.39 is 5.67 Å². The predicted octanol–water partition coefficient (Wildman–Crippen LogP) is 2.01. The molecule has 0 aromatic carbocycles. The van der Waals surface area contributed by atoms with Gasteiger partial charge in [-0.05, 0) is 32.1 Å². The fraction of sp³-hybridized carbons (Fsp3) is 0.778. The second-order valence-electron chi connectivity index (χ2n) is 7.70. The maximum absolute atomic E-state index is 14.9. The van der Waals surface area contributed by atoms with Gasteiger partial charge in [0.1, 0.15) is 11.4 Å². The highest BCUT2D eigenvalue weighted by molar-refractivity contribution is 5.79. The number of hydrogen-bond donors (Lipinski definition) is 1. The molecule has 1 aliphatic carbocycles. The number of hydrogen-bond acceptors (Lipinski definition) is 5. The fourth-order valence-electron chi connectivity index (χ4n) is 3.61. The SMILES string of the molecule is O=C(NCC1(F)CCN(Cc2cc(C3CC3)on2)CC1)C1CCOC1. The average molecular weight is 351 g/mol. The zero-order valence-corrected chi connectivity index (χ0v) is 14.5. The Morgan fingerprint density at radius 1 is 1.36 bits per heavy atom. The topological polar surface area (TPSA) is 67.6 Å². The zero-order valence-electron chi connectivity index (χ0n) is 14.5. The Balaban J connectivity index is 1.21. The molecule has 138 valence electrons. The summed E-state index contributed by atoms with van der Waals surface area (Å²) < 4.78 is 25.5. The molecule has 3 fully saturated rings. The van der Waals surface area contributed by atoms with Gasteiger partial charge in [0.05, 0.1) is 24.8 Å². The summed E-state index contributed by atoms with van der Waals surface area (Å²) in [5.74, 6) is 1.36. The Labute approximate surface area is 147 Å². The number of halogens is 1. The van der Waals surface area contributed by atoms with Gasteiger partial charge in [0.15, 0.2) is 0 Å². The van der Waals surface area contributed by atoms with E-state index in [-0.39, 0.29) is 18.4 Å². The molecule has 1 atom stereocenters. The van der Waals surface area contributed by atoms with Crippen LogP contribution in [0.3, 0.4) is 0 Å². The Hall–Kier alpha value is -1.47. The summed E-state index contributed by atoms with van der Waals surface area (Å²) in [5, 5.41) is 6.91. The summed E-state index contributed by atoms with van der Waals surface area (Å²) in [6.45, 7) is 3.23. The molecule has 1 aromatic heterocycles. The minimum atomic E-state index is -1.31. The van der Waals surface area contributed by atoms with Gasteiger partial charge >= 0.3 is 0 Å². The van der Waals surface area contributed by atoms with Crippen LogP contribution in [0.15, 0.2) is 10.6 Å². The predicted molar refractivity (Wildman–Crippen MR) is 88.8 cm³/mol. The summed E-state index contributed by atoms with van der Waals surface area (Å²) in [5.41, 5.74) is -0.378. The molecule has 0 bridgehead atoms. The van der Waals surface area contributed by atoms with E-state index in [1.807, 2.05) is 6.07 Å². The molecule has 0 radical (unpaired) electrons. The maximum Gasteiger partial charge on any atom is 0.225 e. The first-order chi connectivity index (χ1) is 12.1. The lowest BCUT2D eigenvalue weighted by molar-refractivity contribution is -0.125. The van der Waals surface area contributed by atoms with Gasteiger partial charge in [-0.25, -0.2) is 4.39 Å². The van der Waals surface area contributed by atoms with Gasteiger partial charge in [-0.3, -0.25) is 9.69 Å². The number of aromatic nitrogens is 1. The first-order valence-electron chi connectivity index (χ1n) is 9.33. The molecular weight excluding hydrogens is 325 g/mol. The second kappa shape index (κ2) is 7.03. The number of alkyl halides is 1. The minimum absolute atomic E-state index is 0.0767. The van der Waals surface area contributed by atoms with Gasteiger partial charge in [-0.2, -0.15) is 0 Å². The molecule has 0 spiro atoms. The average Bonchev–Trinajstić information content (AvgIpc) is 3.11. The van der Waals surface area contributed by atoms with E-state index in [0.717, 1.165) is 17.9 Å². The third-order valence-electron chi connectivity index (χ3n) is 5.57. The molecule has 1 N–H and O–H groups in total. The van der Waals surface area contributed by atoms with E-state index in [1.54, 1.807) is 0 Å². The van der Waals surface area contributed by atoms with Gasteiger partial charge < -0.3 is 14.6 Å². The normalized spacial score (nSPS) is 26.7. The van der Waals surface area contributed by atoms with Crippen molar-refractivity contribution in [2.45, 2.75) is 50.2 Å². The molecule has 3 aliphatic rings. The number of likely N-dealkylation sites (tertiary alicyclic amines) is 1. The first kappa shape index (κ1) is 17.0. The first-order valence-corrected chi connectivity index (χ1v) is 9.33. The Morgan fingerprint density at radius 2 is 2.16 bits per heavy atom. The largest absolute Gasteiger partial charge is 0.381 e. The van der Waals surface area contributed by atoms with Crippen LogP contribution in [-0.2, 0) is 16.1 Å². The van der Waals surface area contributed by atoms with Crippen LogP contribution >= 0.6 is 0 Å². The molecule has 6 nitrogen and oxygen atoms in total. The lowest BCUT2D eigenvalue weighted by atomic mass is 9.92. The van der Waals surface area contributed by atoms with Crippen molar-refractivity contribution in [1.82, 2.24) is 15.4 Å². The zero-order chi connectivity index (χ0) is 17.3. The smallest absolute Gasteiger partial charge is 0.225 e. The minimum Gasteiger partial charge on any atom is -0.381 e. The van der Waals surface area contributed by atoms with Crippen LogP contribution < -0.4 is 5.32 Å². The van der Waals surface area contributed by atoms with Crippen LogP contribution in [0.1, 0.15) is 49.5 Å². The van der Waals surface area contributed by atoms with Crippen molar-refractivity contribution in [2.75, 3.05) is 32.8 Å². The molecule has 2 aliphatic heterocycles. The second-order valence-corrected chi connectivity index (χ2v) is 7.70. The summed E-state index contributed by atoms with van der Waals surface area (Å²) in [6.07, 6.45) is 3.99. The number of amides is 1. The van der Waals surface area contributed by atoms with E-state index >= 15 is 0 Å². The Bertz CT molecular complexity index is 602. The standard InChI is InChI=1S/C18H26FN3O3/c19-18(12-20-17(23)14-3-8-24-11-14)4-6-22(7-5-18)10-15-9-16(25-21-15)13-1-2-13/h9,13-14H,1-8,10-12H2,(H,20,23). The van der Waals surface area contributed by atoms with Crippen molar-refractivity contribution in [2.24, 2.45) is 5.92 Å². The quantitative estimate of drug-likeness (QED) is 0.849. The summed E-state index contributed by atoms with van der Waals surface area (Å²) in [4.78, 5) is 14.2. The summed E-state index contributed by atoms with van der Waals surface area (Å²) in [7, 11) is 0. The Kier molecular flexibility index (Phi) is 4.78. The summed E-state index contributed by atoms with van der Waals surface area (Å²) in [6, 6.07) is 2.04. The third-order valence-corrected chi connectivity index (χ3v) is 5.57. The van der Waals surface area contributed by atoms with Crippen molar-refractivity contribution in [3.05, 3.63) is 17.5 Å². The molecule has 2 saturated heterocycles. The Morgan fingerprint density at radius 3 is 2.84 bits per heavy atom. The molecule has 4 rings (SSSR count). The molecule has 1 unspecified atom stereocenters. The van der Waals surface area contributed by atoms with Gasteiger partial charge in [0, 0.05) is 38.2 Å². The van der Waals surface area contributed by atoms with Crippen molar-refractivity contribution >= 4 is 5.91 Å². The van der Waals surface area contributed by atoms with Crippen LogP contribution in [0.4, 0.5) is 4.39 Å². The number of rotatable bonds is 6. The van der Waals surface area contributed by atoms with E-state index in [0.29, 0.717) is 51.6 Å². The molecule has 3 heterocycles. The van der Waals surface area contributed by atoms with Gasteiger partial charge in [0.2, 0.25) is 5.91 Å². The number of carbonyl (C=O) groups excluding carboxylic acids is 1. The fourth-order valence-corrected chi connectivity index (χ4v) is 3.61. The van der Waals surface area contributed by atoms with E-state index in [9.17, 15) is 9.18 Å². The molecular formula is C18H26FN3O3. The van der Waals surface area contributed by atoms with Crippen LogP contribution in [0.2, 0.25) is 0 Å². The van der Waals surface area contributed by atoms with E-state index in [2.05, 4.69) is 15.4 Å². The molecule has 1 saturated carbocycles. The summed E-state index contributed by atoms with van der Waals surface area (Å²) >= 11 is 0. The number of piperidine rings is 1. The molecule has 1 aromatic rings. The third kappa shape index (κ3) is 4.20. The number of ether oxygens (including phenoxy) is 1. The van der Waals surface area contributed by atoms with Crippen LogP contribution in [-0.4, -0.2) is 54.5 Å². The highest BCUT2D eigenvalue weighted by Crippen LogP contribution is 2.40. The van der Waals surface area contributed by atoms with Crippen LogP contribution in [0, 0.1) is 5.92 Å².